The lowest BCUT2D eigenvalue weighted by Crippen LogP contribution is -2.37. The number of carbonyl (C=O) groups is 1. The van der Waals surface area contributed by atoms with E-state index in [4.69, 9.17) is 4.52 Å². The second kappa shape index (κ2) is 6.50. The van der Waals surface area contributed by atoms with Crippen LogP contribution in [0, 0.1) is 0 Å². The first-order valence-electron chi connectivity index (χ1n) is 9.72. The van der Waals surface area contributed by atoms with Crippen LogP contribution < -0.4 is 5.32 Å². The standard InChI is InChI=1S/C20H24N4O2/c25-19-10-16(22-12-17-15-5-1-2-6-18(15)26-23-17)20(24(19)14-7-8-14)13-4-3-9-21-11-13/h3-4,9,11,14,16,20,22H,1-2,5-8,10,12H2/t16-,20+/m1/s1. The molecule has 2 fully saturated rings. The molecule has 2 aromatic rings. The van der Waals surface area contributed by atoms with E-state index in [1.165, 1.54) is 18.4 Å². The van der Waals surface area contributed by atoms with Crippen LogP contribution in [0.5, 0.6) is 0 Å². The molecule has 0 unspecified atom stereocenters. The summed E-state index contributed by atoms with van der Waals surface area (Å²) in [6, 6.07) is 4.58. The van der Waals surface area contributed by atoms with Crippen molar-refractivity contribution < 1.29 is 9.32 Å². The molecule has 0 aromatic carbocycles. The number of aromatic nitrogens is 2. The number of hydrogen-bond donors (Lipinski definition) is 1. The Labute approximate surface area is 153 Å². The van der Waals surface area contributed by atoms with E-state index < -0.39 is 0 Å². The molecule has 2 aliphatic carbocycles. The van der Waals surface area contributed by atoms with E-state index in [2.05, 4.69) is 26.4 Å². The molecule has 3 aliphatic rings. The SMILES string of the molecule is O=C1C[C@@H](NCc2noc3c2CCCC3)[C@H](c2cccnc2)N1C1CC1. The molecule has 0 radical (unpaired) electrons. The molecule has 2 atom stereocenters. The first-order valence-corrected chi connectivity index (χ1v) is 9.72. The molecule has 3 heterocycles. The summed E-state index contributed by atoms with van der Waals surface area (Å²) in [4.78, 5) is 19.0. The maximum atomic E-state index is 12.7. The summed E-state index contributed by atoms with van der Waals surface area (Å²) in [5.74, 6) is 1.31. The molecular formula is C20H24N4O2. The Morgan fingerprint density at radius 2 is 2.15 bits per heavy atom. The fourth-order valence-corrected chi connectivity index (χ4v) is 4.48. The van der Waals surface area contributed by atoms with E-state index in [1.807, 2.05) is 12.3 Å². The van der Waals surface area contributed by atoms with Crippen LogP contribution in [0.15, 0.2) is 29.0 Å². The highest BCUT2D eigenvalue weighted by Crippen LogP contribution is 2.41. The van der Waals surface area contributed by atoms with Gasteiger partial charge < -0.3 is 14.7 Å². The predicted molar refractivity (Wildman–Crippen MR) is 95.2 cm³/mol. The quantitative estimate of drug-likeness (QED) is 0.895. The maximum Gasteiger partial charge on any atom is 0.225 e. The largest absolute Gasteiger partial charge is 0.361 e. The second-order valence-corrected chi connectivity index (χ2v) is 7.69. The molecule has 6 nitrogen and oxygen atoms in total. The highest BCUT2D eigenvalue weighted by atomic mass is 16.5. The zero-order chi connectivity index (χ0) is 17.5. The number of aryl methyl sites for hydroxylation is 1. The van der Waals surface area contributed by atoms with Crippen LogP contribution in [-0.2, 0) is 24.2 Å². The van der Waals surface area contributed by atoms with Crippen LogP contribution in [0.4, 0.5) is 0 Å². The number of carbonyl (C=O) groups excluding carboxylic acids is 1. The van der Waals surface area contributed by atoms with Gasteiger partial charge in [-0.1, -0.05) is 11.2 Å². The summed E-state index contributed by atoms with van der Waals surface area (Å²) in [5.41, 5.74) is 3.41. The van der Waals surface area contributed by atoms with Gasteiger partial charge in [0.1, 0.15) is 11.5 Å². The summed E-state index contributed by atoms with van der Waals surface area (Å²) in [6.07, 6.45) is 10.9. The van der Waals surface area contributed by atoms with Crippen molar-refractivity contribution in [2.75, 3.05) is 0 Å². The van der Waals surface area contributed by atoms with Gasteiger partial charge in [0, 0.05) is 49.4 Å². The lowest BCUT2D eigenvalue weighted by molar-refractivity contribution is -0.129. The molecule has 2 aromatic heterocycles. The average Bonchev–Trinajstić information content (AvgIpc) is 3.34. The number of fused-ring (bicyclic) bond motifs is 1. The van der Waals surface area contributed by atoms with E-state index >= 15 is 0 Å². The number of amides is 1. The molecule has 136 valence electrons. The minimum atomic E-state index is 0.0615. The highest BCUT2D eigenvalue weighted by Gasteiger charge is 2.47. The Balaban J connectivity index is 1.37. The second-order valence-electron chi connectivity index (χ2n) is 7.69. The van der Waals surface area contributed by atoms with Crippen molar-refractivity contribution in [3.8, 4) is 0 Å². The Morgan fingerprint density at radius 1 is 1.27 bits per heavy atom. The Hall–Kier alpha value is -2.21. The molecule has 0 spiro atoms. The Bertz CT molecular complexity index is 799. The van der Waals surface area contributed by atoms with E-state index in [0.717, 1.165) is 42.7 Å². The molecule has 26 heavy (non-hydrogen) atoms. The first kappa shape index (κ1) is 16.0. The number of likely N-dealkylation sites (tertiary alicyclic amines) is 1. The maximum absolute atomic E-state index is 12.7. The van der Waals surface area contributed by atoms with E-state index in [1.54, 1.807) is 6.20 Å². The third-order valence-corrected chi connectivity index (χ3v) is 5.89. The number of hydrogen-bond acceptors (Lipinski definition) is 5. The van der Waals surface area contributed by atoms with Crippen molar-refractivity contribution >= 4 is 5.91 Å². The van der Waals surface area contributed by atoms with Gasteiger partial charge in [-0.2, -0.15) is 0 Å². The molecule has 1 amide bonds. The van der Waals surface area contributed by atoms with Gasteiger partial charge in [-0.15, -0.1) is 0 Å². The molecular weight excluding hydrogens is 328 g/mol. The van der Waals surface area contributed by atoms with Crippen molar-refractivity contribution in [3.63, 3.8) is 0 Å². The van der Waals surface area contributed by atoms with Crippen molar-refractivity contribution in [2.24, 2.45) is 0 Å². The third kappa shape index (κ3) is 2.82. The number of nitrogens with zero attached hydrogens (tertiary/aromatic N) is 3. The minimum Gasteiger partial charge on any atom is -0.361 e. The van der Waals surface area contributed by atoms with Crippen LogP contribution in [0.2, 0.25) is 0 Å². The molecule has 1 saturated carbocycles. The van der Waals surface area contributed by atoms with Gasteiger partial charge in [-0.3, -0.25) is 9.78 Å². The molecule has 0 bridgehead atoms. The average molecular weight is 352 g/mol. The number of rotatable bonds is 5. The lowest BCUT2D eigenvalue weighted by Gasteiger charge is -2.29. The fourth-order valence-electron chi connectivity index (χ4n) is 4.48. The Morgan fingerprint density at radius 3 is 2.96 bits per heavy atom. The summed E-state index contributed by atoms with van der Waals surface area (Å²) in [5, 5.41) is 7.91. The Kier molecular flexibility index (Phi) is 4.00. The molecule has 6 heteroatoms. The van der Waals surface area contributed by atoms with Crippen molar-refractivity contribution in [1.82, 2.24) is 20.4 Å². The van der Waals surface area contributed by atoms with Gasteiger partial charge >= 0.3 is 0 Å². The normalized spacial score (nSPS) is 25.5. The topological polar surface area (TPSA) is 71.3 Å². The van der Waals surface area contributed by atoms with Gasteiger partial charge in [0.2, 0.25) is 5.91 Å². The smallest absolute Gasteiger partial charge is 0.225 e. The fraction of sp³-hybridized carbons (Fsp3) is 0.550. The van der Waals surface area contributed by atoms with Crippen LogP contribution in [-0.4, -0.2) is 33.0 Å². The summed E-state index contributed by atoms with van der Waals surface area (Å²) in [7, 11) is 0. The summed E-state index contributed by atoms with van der Waals surface area (Å²) >= 11 is 0. The first-order chi connectivity index (χ1) is 12.8. The lowest BCUT2D eigenvalue weighted by atomic mass is 9.96. The molecule has 1 saturated heterocycles. The summed E-state index contributed by atoms with van der Waals surface area (Å²) in [6.45, 7) is 0.659. The minimum absolute atomic E-state index is 0.0615. The predicted octanol–water partition coefficient (Wildman–Crippen LogP) is 2.54. The van der Waals surface area contributed by atoms with E-state index in [-0.39, 0.29) is 18.0 Å². The molecule has 1 N–H and O–H groups in total. The van der Waals surface area contributed by atoms with Gasteiger partial charge in [0.05, 0.1) is 6.04 Å². The van der Waals surface area contributed by atoms with Crippen LogP contribution in [0.1, 0.15) is 60.7 Å². The zero-order valence-corrected chi connectivity index (χ0v) is 14.9. The van der Waals surface area contributed by atoms with Crippen LogP contribution >= 0.6 is 0 Å². The zero-order valence-electron chi connectivity index (χ0n) is 14.9. The number of nitrogens with one attached hydrogen (secondary N) is 1. The molecule has 1 aliphatic heterocycles. The van der Waals surface area contributed by atoms with Gasteiger partial charge in [0.15, 0.2) is 0 Å². The highest BCUT2D eigenvalue weighted by molar-refractivity contribution is 5.81. The van der Waals surface area contributed by atoms with E-state index in [0.29, 0.717) is 19.0 Å². The van der Waals surface area contributed by atoms with Crippen LogP contribution in [0.25, 0.3) is 0 Å². The van der Waals surface area contributed by atoms with E-state index in [9.17, 15) is 4.79 Å². The molecule has 5 rings (SSSR count). The van der Waals surface area contributed by atoms with Crippen LogP contribution in [0.3, 0.4) is 0 Å². The van der Waals surface area contributed by atoms with Crippen molar-refractivity contribution in [2.45, 2.75) is 69.6 Å². The third-order valence-electron chi connectivity index (χ3n) is 5.89. The van der Waals surface area contributed by atoms with Gasteiger partial charge in [0.25, 0.3) is 0 Å². The monoisotopic (exact) mass is 352 g/mol. The van der Waals surface area contributed by atoms with Gasteiger partial charge in [-0.05, 0) is 43.7 Å². The van der Waals surface area contributed by atoms with Crippen molar-refractivity contribution in [1.29, 1.82) is 0 Å². The van der Waals surface area contributed by atoms with Crippen molar-refractivity contribution in [3.05, 3.63) is 47.1 Å². The van der Waals surface area contributed by atoms with Gasteiger partial charge in [-0.25, -0.2) is 0 Å². The number of pyridine rings is 1. The summed E-state index contributed by atoms with van der Waals surface area (Å²) < 4.78 is 5.53.